The lowest BCUT2D eigenvalue weighted by atomic mass is 10.2. The Morgan fingerprint density at radius 2 is 2.07 bits per heavy atom. The van der Waals surface area contributed by atoms with Gasteiger partial charge in [-0.3, -0.25) is 19.4 Å². The van der Waals surface area contributed by atoms with Gasteiger partial charge in [0.05, 0.1) is 11.3 Å². The molecule has 0 atom stereocenters. The number of aromatic amines is 1. The standard InChI is InChI=1S/C9H14N4O2/c1-5(10-11-7(3)14)8-6(2)12-13(4)9(8)15/h12H,1-4H3,(H,11,14)/b10-5-. The topological polar surface area (TPSA) is 79.2 Å². The molecule has 0 radical (unpaired) electrons. The molecular formula is C9H14N4O2. The summed E-state index contributed by atoms with van der Waals surface area (Å²) in [5.41, 5.74) is 3.85. The van der Waals surface area contributed by atoms with E-state index in [1.807, 2.05) is 0 Å². The van der Waals surface area contributed by atoms with Gasteiger partial charge in [-0.25, -0.2) is 5.43 Å². The van der Waals surface area contributed by atoms with Crippen LogP contribution in [-0.4, -0.2) is 21.4 Å². The van der Waals surface area contributed by atoms with E-state index in [1.54, 1.807) is 20.9 Å². The van der Waals surface area contributed by atoms with Crippen LogP contribution in [0.25, 0.3) is 0 Å². The number of aromatic nitrogens is 2. The highest BCUT2D eigenvalue weighted by atomic mass is 16.2. The summed E-state index contributed by atoms with van der Waals surface area (Å²) < 4.78 is 1.37. The van der Waals surface area contributed by atoms with Crippen molar-refractivity contribution in [3.05, 3.63) is 21.6 Å². The highest BCUT2D eigenvalue weighted by Crippen LogP contribution is 1.99. The van der Waals surface area contributed by atoms with E-state index in [4.69, 9.17) is 0 Å². The van der Waals surface area contributed by atoms with Gasteiger partial charge in [0, 0.05) is 19.7 Å². The second-order valence-electron chi connectivity index (χ2n) is 3.34. The predicted octanol–water partition coefficient (Wildman–Crippen LogP) is -0.118. The molecule has 1 aromatic rings. The molecule has 0 saturated heterocycles. The molecule has 2 N–H and O–H groups in total. The summed E-state index contributed by atoms with van der Waals surface area (Å²) >= 11 is 0. The maximum atomic E-state index is 11.6. The van der Waals surface area contributed by atoms with Gasteiger partial charge in [-0.15, -0.1) is 0 Å². The third kappa shape index (κ3) is 2.34. The van der Waals surface area contributed by atoms with Crippen molar-refractivity contribution in [3.8, 4) is 0 Å². The number of amides is 1. The average molecular weight is 210 g/mol. The molecule has 0 aliphatic carbocycles. The molecule has 0 bridgehead atoms. The number of nitrogens with zero attached hydrogens (tertiary/aromatic N) is 2. The monoisotopic (exact) mass is 210 g/mol. The molecule has 0 saturated carbocycles. The fraction of sp³-hybridized carbons (Fsp3) is 0.444. The van der Waals surface area contributed by atoms with Crippen molar-refractivity contribution in [3.63, 3.8) is 0 Å². The fourth-order valence-corrected chi connectivity index (χ4v) is 1.33. The van der Waals surface area contributed by atoms with Gasteiger partial charge in [0.2, 0.25) is 5.91 Å². The first-order valence-electron chi connectivity index (χ1n) is 4.50. The molecular weight excluding hydrogens is 196 g/mol. The Kier molecular flexibility index (Phi) is 3.08. The second kappa shape index (κ2) is 4.12. The molecule has 0 aliphatic rings. The van der Waals surface area contributed by atoms with Crippen molar-refractivity contribution in [1.82, 2.24) is 15.2 Å². The quantitative estimate of drug-likeness (QED) is 0.527. The Bertz CT molecular complexity index is 467. The van der Waals surface area contributed by atoms with Crippen molar-refractivity contribution >= 4 is 11.6 Å². The van der Waals surface area contributed by atoms with E-state index in [2.05, 4.69) is 15.6 Å². The van der Waals surface area contributed by atoms with E-state index >= 15 is 0 Å². The number of rotatable bonds is 2. The van der Waals surface area contributed by atoms with Gasteiger partial charge in [-0.05, 0) is 13.8 Å². The minimum absolute atomic E-state index is 0.154. The summed E-state index contributed by atoms with van der Waals surface area (Å²) in [4.78, 5) is 22.3. The first kappa shape index (κ1) is 11.2. The van der Waals surface area contributed by atoms with E-state index in [0.29, 0.717) is 11.3 Å². The second-order valence-corrected chi connectivity index (χ2v) is 3.34. The van der Waals surface area contributed by atoms with Gasteiger partial charge in [0.25, 0.3) is 5.56 Å². The summed E-state index contributed by atoms with van der Waals surface area (Å²) in [6.07, 6.45) is 0. The van der Waals surface area contributed by atoms with Gasteiger partial charge in [-0.1, -0.05) is 0 Å². The smallest absolute Gasteiger partial charge is 0.275 e. The normalized spacial score (nSPS) is 11.6. The zero-order valence-electron chi connectivity index (χ0n) is 9.21. The molecule has 82 valence electrons. The minimum Gasteiger partial charge on any atom is -0.300 e. The van der Waals surface area contributed by atoms with E-state index < -0.39 is 0 Å². The molecule has 0 unspecified atom stereocenters. The number of aryl methyl sites for hydroxylation is 2. The van der Waals surface area contributed by atoms with Crippen LogP contribution in [0.15, 0.2) is 9.90 Å². The van der Waals surface area contributed by atoms with Crippen LogP contribution in [0.2, 0.25) is 0 Å². The van der Waals surface area contributed by atoms with E-state index in [9.17, 15) is 9.59 Å². The van der Waals surface area contributed by atoms with Crippen LogP contribution < -0.4 is 11.0 Å². The van der Waals surface area contributed by atoms with E-state index in [0.717, 1.165) is 5.69 Å². The van der Waals surface area contributed by atoms with Crippen LogP contribution in [0.4, 0.5) is 0 Å². The summed E-state index contributed by atoms with van der Waals surface area (Å²) in [6, 6.07) is 0. The van der Waals surface area contributed by atoms with Crippen LogP contribution in [-0.2, 0) is 11.8 Å². The fourth-order valence-electron chi connectivity index (χ4n) is 1.33. The molecule has 0 aliphatic heterocycles. The summed E-state index contributed by atoms with van der Waals surface area (Å²) in [5, 5.41) is 6.67. The number of H-pyrrole nitrogens is 1. The Balaban J connectivity index is 3.11. The average Bonchev–Trinajstić information content (AvgIpc) is 2.37. The first-order valence-corrected chi connectivity index (χ1v) is 4.50. The maximum Gasteiger partial charge on any atom is 0.275 e. The Labute approximate surface area is 87.0 Å². The van der Waals surface area contributed by atoms with Crippen molar-refractivity contribution in [2.75, 3.05) is 0 Å². The van der Waals surface area contributed by atoms with Gasteiger partial charge >= 0.3 is 0 Å². The zero-order valence-corrected chi connectivity index (χ0v) is 9.21. The van der Waals surface area contributed by atoms with Crippen LogP contribution in [0.3, 0.4) is 0 Å². The molecule has 1 aromatic heterocycles. The van der Waals surface area contributed by atoms with Crippen molar-refractivity contribution in [2.24, 2.45) is 12.1 Å². The minimum atomic E-state index is -0.264. The van der Waals surface area contributed by atoms with E-state index in [1.165, 1.54) is 11.6 Å². The molecule has 6 heteroatoms. The molecule has 15 heavy (non-hydrogen) atoms. The lowest BCUT2D eigenvalue weighted by molar-refractivity contribution is -0.118. The number of hydrogen-bond acceptors (Lipinski definition) is 3. The molecule has 1 amide bonds. The molecule has 0 spiro atoms. The molecule has 0 aromatic carbocycles. The van der Waals surface area contributed by atoms with Crippen molar-refractivity contribution in [2.45, 2.75) is 20.8 Å². The SMILES string of the molecule is CC(=O)N/N=C(/C)c1c(C)[nH]n(C)c1=O. The Morgan fingerprint density at radius 3 is 2.47 bits per heavy atom. The van der Waals surface area contributed by atoms with E-state index in [-0.39, 0.29) is 11.5 Å². The van der Waals surface area contributed by atoms with Crippen LogP contribution in [0, 0.1) is 6.92 Å². The van der Waals surface area contributed by atoms with Gasteiger partial charge < -0.3 is 0 Å². The number of carbonyl (C=O) groups is 1. The number of nitrogens with one attached hydrogen (secondary N) is 2. The number of carbonyl (C=O) groups excluding carboxylic acids is 1. The maximum absolute atomic E-state index is 11.6. The van der Waals surface area contributed by atoms with Crippen LogP contribution in [0.5, 0.6) is 0 Å². The zero-order chi connectivity index (χ0) is 11.6. The predicted molar refractivity (Wildman–Crippen MR) is 56.8 cm³/mol. The molecule has 1 rings (SSSR count). The third-order valence-corrected chi connectivity index (χ3v) is 1.97. The van der Waals surface area contributed by atoms with Crippen LogP contribution >= 0.6 is 0 Å². The number of hydrogen-bond donors (Lipinski definition) is 2. The third-order valence-electron chi connectivity index (χ3n) is 1.97. The van der Waals surface area contributed by atoms with Crippen LogP contribution in [0.1, 0.15) is 25.1 Å². The van der Waals surface area contributed by atoms with Crippen molar-refractivity contribution < 1.29 is 4.79 Å². The highest BCUT2D eigenvalue weighted by Gasteiger charge is 2.11. The molecule has 1 heterocycles. The molecule has 0 fully saturated rings. The highest BCUT2D eigenvalue weighted by molar-refractivity contribution is 5.99. The summed E-state index contributed by atoms with van der Waals surface area (Å²) in [6.45, 7) is 4.82. The largest absolute Gasteiger partial charge is 0.300 e. The molecule has 6 nitrogen and oxygen atoms in total. The summed E-state index contributed by atoms with van der Waals surface area (Å²) in [5.74, 6) is -0.264. The Hall–Kier alpha value is -1.85. The lowest BCUT2D eigenvalue weighted by Crippen LogP contribution is -2.21. The lowest BCUT2D eigenvalue weighted by Gasteiger charge is -1.97. The Morgan fingerprint density at radius 1 is 1.47 bits per heavy atom. The van der Waals surface area contributed by atoms with Gasteiger partial charge in [0.15, 0.2) is 0 Å². The number of hydrazone groups is 1. The van der Waals surface area contributed by atoms with Crippen molar-refractivity contribution in [1.29, 1.82) is 0 Å². The van der Waals surface area contributed by atoms with Gasteiger partial charge in [-0.2, -0.15) is 5.10 Å². The summed E-state index contributed by atoms with van der Waals surface area (Å²) in [7, 11) is 1.63. The first-order chi connectivity index (χ1) is 6.93. The van der Waals surface area contributed by atoms with Gasteiger partial charge in [0.1, 0.15) is 0 Å².